The van der Waals surface area contributed by atoms with Crippen LogP contribution in [0.4, 0.5) is 5.69 Å². The van der Waals surface area contributed by atoms with Crippen molar-refractivity contribution in [2.75, 3.05) is 5.73 Å². The Morgan fingerprint density at radius 3 is 2.70 bits per heavy atom. The second kappa shape index (κ2) is 5.43. The van der Waals surface area contributed by atoms with Gasteiger partial charge in [-0.15, -0.1) is 0 Å². The summed E-state index contributed by atoms with van der Waals surface area (Å²) >= 11 is 5.93. The smallest absolute Gasteiger partial charge is 0.241 e. The lowest BCUT2D eigenvalue weighted by atomic mass is 10.2. The van der Waals surface area contributed by atoms with Crippen LogP contribution in [-0.4, -0.2) is 18.6 Å². The summed E-state index contributed by atoms with van der Waals surface area (Å²) in [5, 5.41) is 6.80. The Labute approximate surface area is 122 Å². The van der Waals surface area contributed by atoms with E-state index in [9.17, 15) is 8.42 Å². The highest BCUT2D eigenvalue weighted by Gasteiger charge is 2.20. The van der Waals surface area contributed by atoms with Crippen molar-refractivity contribution in [2.45, 2.75) is 24.8 Å². The Hall–Kier alpha value is -1.57. The zero-order valence-electron chi connectivity index (χ0n) is 11.0. The lowest BCUT2D eigenvalue weighted by molar-refractivity contribution is 0.567. The van der Waals surface area contributed by atoms with Gasteiger partial charge < -0.3 is 5.73 Å². The maximum atomic E-state index is 12.3. The molecular weight excluding hydrogens is 300 g/mol. The first kappa shape index (κ1) is 14.8. The molecule has 0 bridgehead atoms. The summed E-state index contributed by atoms with van der Waals surface area (Å²) in [6.45, 7) is 3.44. The summed E-state index contributed by atoms with van der Waals surface area (Å²) in [6.07, 6.45) is 3.20. The third-order valence-electron chi connectivity index (χ3n) is 2.92. The van der Waals surface area contributed by atoms with Crippen LogP contribution < -0.4 is 10.5 Å². The van der Waals surface area contributed by atoms with Gasteiger partial charge in [0.15, 0.2) is 0 Å². The van der Waals surface area contributed by atoms with Crippen molar-refractivity contribution in [3.63, 3.8) is 0 Å². The zero-order valence-corrected chi connectivity index (χ0v) is 12.6. The van der Waals surface area contributed by atoms with Crippen LogP contribution in [0.1, 0.15) is 24.1 Å². The number of nitrogens with two attached hydrogens (primary N) is 1. The maximum Gasteiger partial charge on any atom is 0.241 e. The second-order valence-corrected chi connectivity index (χ2v) is 6.61. The first-order chi connectivity index (χ1) is 9.31. The summed E-state index contributed by atoms with van der Waals surface area (Å²) in [4.78, 5) is 0.0900. The average molecular weight is 315 g/mol. The molecule has 0 aliphatic carbocycles. The molecule has 0 amide bonds. The van der Waals surface area contributed by atoms with E-state index in [1.54, 1.807) is 26.2 Å². The molecule has 1 heterocycles. The predicted molar refractivity (Wildman–Crippen MR) is 77.9 cm³/mol. The molecule has 0 spiro atoms. The first-order valence-corrected chi connectivity index (χ1v) is 7.74. The van der Waals surface area contributed by atoms with Gasteiger partial charge in [0.2, 0.25) is 10.0 Å². The number of halogens is 1. The number of sulfonamides is 1. The van der Waals surface area contributed by atoms with Crippen LogP contribution in [0.5, 0.6) is 0 Å². The van der Waals surface area contributed by atoms with Crippen LogP contribution in [0.2, 0.25) is 5.02 Å². The summed E-state index contributed by atoms with van der Waals surface area (Å²) in [5.74, 6) is 0. The van der Waals surface area contributed by atoms with Gasteiger partial charge in [0, 0.05) is 17.8 Å². The number of aryl methyl sites for hydroxylation is 1. The van der Waals surface area contributed by atoms with Crippen LogP contribution in [0.25, 0.3) is 0 Å². The van der Waals surface area contributed by atoms with Gasteiger partial charge in [-0.2, -0.15) is 5.10 Å². The minimum Gasteiger partial charge on any atom is -0.397 e. The molecule has 20 heavy (non-hydrogen) atoms. The molecule has 2 aromatic rings. The Bertz CT molecular complexity index is 690. The molecule has 0 aliphatic heterocycles. The number of anilines is 1. The van der Waals surface area contributed by atoms with Crippen molar-refractivity contribution in [3.8, 4) is 0 Å². The third kappa shape index (κ3) is 2.95. The van der Waals surface area contributed by atoms with Gasteiger partial charge in [0.1, 0.15) is 0 Å². The molecule has 1 aromatic carbocycles. The number of aromatic amines is 1. The van der Waals surface area contributed by atoms with Crippen molar-refractivity contribution in [3.05, 3.63) is 40.7 Å². The van der Waals surface area contributed by atoms with Crippen molar-refractivity contribution in [2.24, 2.45) is 0 Å². The van der Waals surface area contributed by atoms with E-state index < -0.39 is 16.1 Å². The number of nitrogens with one attached hydrogen (secondary N) is 2. The highest BCUT2D eigenvalue weighted by atomic mass is 35.5. The van der Waals surface area contributed by atoms with Gasteiger partial charge in [-0.25, -0.2) is 13.1 Å². The Kier molecular flexibility index (Phi) is 4.03. The maximum absolute atomic E-state index is 12.3. The van der Waals surface area contributed by atoms with Gasteiger partial charge in [-0.1, -0.05) is 11.6 Å². The summed E-state index contributed by atoms with van der Waals surface area (Å²) < 4.78 is 27.2. The number of nitrogen functional groups attached to an aromatic ring is 1. The monoisotopic (exact) mass is 314 g/mol. The molecule has 0 radical (unpaired) electrons. The first-order valence-electron chi connectivity index (χ1n) is 5.88. The fourth-order valence-electron chi connectivity index (χ4n) is 1.78. The number of hydrogen-bond acceptors (Lipinski definition) is 4. The number of H-pyrrole nitrogens is 1. The van der Waals surface area contributed by atoms with E-state index in [4.69, 9.17) is 17.3 Å². The minimum atomic E-state index is -3.68. The van der Waals surface area contributed by atoms with Crippen molar-refractivity contribution in [1.29, 1.82) is 0 Å². The normalized spacial score (nSPS) is 13.3. The molecule has 1 atom stereocenters. The van der Waals surface area contributed by atoms with Gasteiger partial charge in [-0.05, 0) is 31.5 Å². The molecule has 0 saturated carbocycles. The SMILES string of the molecule is Cc1cc(S(=O)(=O)NC(C)c2cn[nH]c2)cc(N)c1Cl. The van der Waals surface area contributed by atoms with Crippen LogP contribution in [0.3, 0.4) is 0 Å². The molecule has 108 valence electrons. The number of hydrogen-bond donors (Lipinski definition) is 3. The fraction of sp³-hybridized carbons (Fsp3) is 0.250. The molecule has 6 nitrogen and oxygen atoms in total. The number of nitrogens with zero attached hydrogens (tertiary/aromatic N) is 1. The zero-order chi connectivity index (χ0) is 14.9. The van der Waals surface area contributed by atoms with Crippen molar-refractivity contribution < 1.29 is 8.42 Å². The molecule has 0 aliphatic rings. The van der Waals surface area contributed by atoms with Crippen LogP contribution >= 0.6 is 11.6 Å². The molecule has 1 aromatic heterocycles. The lowest BCUT2D eigenvalue weighted by Gasteiger charge is -2.14. The third-order valence-corrected chi connectivity index (χ3v) is 4.95. The molecule has 8 heteroatoms. The van der Waals surface area contributed by atoms with Crippen molar-refractivity contribution in [1.82, 2.24) is 14.9 Å². The Balaban J connectivity index is 2.31. The molecular formula is C12H15ClN4O2S. The van der Waals surface area contributed by atoms with Gasteiger partial charge in [0.05, 0.1) is 21.8 Å². The summed E-state index contributed by atoms with van der Waals surface area (Å²) in [7, 11) is -3.68. The topological polar surface area (TPSA) is 101 Å². The van der Waals surface area contributed by atoms with E-state index in [1.165, 1.54) is 12.1 Å². The van der Waals surface area contributed by atoms with E-state index in [-0.39, 0.29) is 10.6 Å². The highest BCUT2D eigenvalue weighted by Crippen LogP contribution is 2.27. The second-order valence-electron chi connectivity index (χ2n) is 4.52. The van der Waals surface area contributed by atoms with Gasteiger partial charge in [0.25, 0.3) is 0 Å². The number of benzene rings is 1. The summed E-state index contributed by atoms with van der Waals surface area (Å²) in [6, 6.07) is 2.43. The van der Waals surface area contributed by atoms with E-state index in [0.29, 0.717) is 10.6 Å². The molecule has 4 N–H and O–H groups in total. The standard InChI is InChI=1S/C12H15ClN4O2S/c1-7-3-10(4-11(14)12(7)13)20(18,19)17-8(2)9-5-15-16-6-9/h3-6,8,17H,14H2,1-2H3,(H,15,16). The quantitative estimate of drug-likeness (QED) is 0.751. The van der Waals surface area contributed by atoms with Crippen LogP contribution in [-0.2, 0) is 10.0 Å². The molecule has 1 unspecified atom stereocenters. The Morgan fingerprint density at radius 1 is 1.45 bits per heavy atom. The molecule has 0 saturated heterocycles. The highest BCUT2D eigenvalue weighted by molar-refractivity contribution is 7.89. The van der Waals surface area contributed by atoms with Gasteiger partial charge in [-0.3, -0.25) is 5.10 Å². The van der Waals surface area contributed by atoms with E-state index in [2.05, 4.69) is 14.9 Å². The largest absolute Gasteiger partial charge is 0.397 e. The van der Waals surface area contributed by atoms with E-state index in [0.717, 1.165) is 5.56 Å². The van der Waals surface area contributed by atoms with Crippen LogP contribution in [0.15, 0.2) is 29.4 Å². The minimum absolute atomic E-state index is 0.0900. The fourth-order valence-corrected chi connectivity index (χ4v) is 3.25. The van der Waals surface area contributed by atoms with Gasteiger partial charge >= 0.3 is 0 Å². The lowest BCUT2D eigenvalue weighted by Crippen LogP contribution is -2.26. The van der Waals surface area contributed by atoms with E-state index in [1.807, 2.05) is 0 Å². The van der Waals surface area contributed by atoms with E-state index >= 15 is 0 Å². The molecule has 0 fully saturated rings. The predicted octanol–water partition coefficient (Wildman–Crippen LogP) is 1.99. The number of aromatic nitrogens is 2. The van der Waals surface area contributed by atoms with Crippen LogP contribution in [0, 0.1) is 6.92 Å². The average Bonchev–Trinajstić information content (AvgIpc) is 2.88. The number of rotatable bonds is 4. The van der Waals surface area contributed by atoms with Crippen molar-refractivity contribution >= 4 is 27.3 Å². The summed E-state index contributed by atoms with van der Waals surface area (Å²) in [5.41, 5.74) is 7.30. The molecule has 2 rings (SSSR count). The Morgan fingerprint density at radius 2 is 2.15 bits per heavy atom.